The topological polar surface area (TPSA) is 49.3 Å². The highest BCUT2D eigenvalue weighted by molar-refractivity contribution is 6.04. The first-order valence-electron chi connectivity index (χ1n) is 6.26. The summed E-state index contributed by atoms with van der Waals surface area (Å²) in [6.45, 7) is 4.22. The fourth-order valence-corrected chi connectivity index (χ4v) is 1.79. The van der Waals surface area contributed by atoms with E-state index in [1.54, 1.807) is 12.1 Å². The third-order valence-corrected chi connectivity index (χ3v) is 2.94. The lowest BCUT2D eigenvalue weighted by Crippen LogP contribution is -2.11. The smallest absolute Gasteiger partial charge is 0.255 e. The molecule has 0 atom stereocenters. The van der Waals surface area contributed by atoms with Crippen LogP contribution in [0.3, 0.4) is 0 Å². The van der Waals surface area contributed by atoms with Gasteiger partial charge >= 0.3 is 0 Å². The van der Waals surface area contributed by atoms with Gasteiger partial charge in [-0.3, -0.25) is 4.79 Å². The van der Waals surface area contributed by atoms with Crippen LogP contribution in [0, 0.1) is 0 Å². The van der Waals surface area contributed by atoms with Crippen molar-refractivity contribution in [1.29, 1.82) is 0 Å². The molecule has 0 aliphatic heterocycles. The molecule has 0 aliphatic carbocycles. The fraction of sp³-hybridized carbons (Fsp3) is 0.188. The molecule has 2 aromatic carbocycles. The van der Waals surface area contributed by atoms with Crippen LogP contribution in [0.4, 0.5) is 5.69 Å². The molecule has 0 unspecified atom stereocenters. The Bertz CT molecular complexity index is 574. The predicted molar refractivity (Wildman–Crippen MR) is 76.6 cm³/mol. The van der Waals surface area contributed by atoms with Gasteiger partial charge in [-0.1, -0.05) is 26.0 Å². The Labute approximate surface area is 112 Å². The minimum atomic E-state index is -0.180. The van der Waals surface area contributed by atoms with Crippen LogP contribution in [0.2, 0.25) is 0 Å². The fourth-order valence-electron chi connectivity index (χ4n) is 1.79. The molecule has 0 spiro atoms. The number of nitrogens with one attached hydrogen (secondary N) is 1. The summed E-state index contributed by atoms with van der Waals surface area (Å²) in [5.74, 6) is 0.393. The Balaban J connectivity index is 2.14. The number of phenols is 1. The summed E-state index contributed by atoms with van der Waals surface area (Å²) in [4.78, 5) is 12.0. The highest BCUT2D eigenvalue weighted by atomic mass is 16.3. The normalized spacial score (nSPS) is 10.5. The molecule has 0 radical (unpaired) electrons. The van der Waals surface area contributed by atoms with Gasteiger partial charge in [0.05, 0.1) is 0 Å². The van der Waals surface area contributed by atoms with Gasteiger partial charge in [0.2, 0.25) is 0 Å². The molecule has 3 heteroatoms. The van der Waals surface area contributed by atoms with Gasteiger partial charge in [0.15, 0.2) is 0 Å². The molecular weight excluding hydrogens is 238 g/mol. The zero-order valence-electron chi connectivity index (χ0n) is 11.1. The van der Waals surface area contributed by atoms with Crippen LogP contribution in [0.1, 0.15) is 35.7 Å². The van der Waals surface area contributed by atoms with Crippen molar-refractivity contribution in [2.75, 3.05) is 5.32 Å². The number of carbonyl (C=O) groups is 1. The van der Waals surface area contributed by atoms with E-state index in [1.807, 2.05) is 24.3 Å². The molecule has 2 rings (SSSR count). The largest absolute Gasteiger partial charge is 0.508 e. The van der Waals surface area contributed by atoms with E-state index in [9.17, 15) is 9.90 Å². The molecule has 1 amide bonds. The lowest BCUT2D eigenvalue weighted by molar-refractivity contribution is 0.102. The third-order valence-electron chi connectivity index (χ3n) is 2.94. The van der Waals surface area contributed by atoms with E-state index in [-0.39, 0.29) is 11.7 Å². The quantitative estimate of drug-likeness (QED) is 0.877. The lowest BCUT2D eigenvalue weighted by atomic mass is 10.0. The van der Waals surface area contributed by atoms with Crippen LogP contribution < -0.4 is 5.32 Å². The second-order valence-electron chi connectivity index (χ2n) is 4.78. The number of hydrogen-bond acceptors (Lipinski definition) is 2. The Morgan fingerprint density at radius 1 is 1.11 bits per heavy atom. The second kappa shape index (κ2) is 5.57. The van der Waals surface area contributed by atoms with E-state index < -0.39 is 0 Å². The maximum Gasteiger partial charge on any atom is 0.255 e. The van der Waals surface area contributed by atoms with Crippen LogP contribution >= 0.6 is 0 Å². The summed E-state index contributed by atoms with van der Waals surface area (Å²) in [5, 5.41) is 12.0. The number of benzene rings is 2. The van der Waals surface area contributed by atoms with E-state index in [2.05, 4.69) is 19.2 Å². The highest BCUT2D eigenvalue weighted by Gasteiger charge is 2.07. The lowest BCUT2D eigenvalue weighted by Gasteiger charge is -2.09. The summed E-state index contributed by atoms with van der Waals surface area (Å²) >= 11 is 0. The van der Waals surface area contributed by atoms with Crippen LogP contribution in [0.15, 0.2) is 48.5 Å². The summed E-state index contributed by atoms with van der Waals surface area (Å²) in [7, 11) is 0. The van der Waals surface area contributed by atoms with Crippen molar-refractivity contribution in [3.8, 4) is 5.75 Å². The number of hydrogen-bond donors (Lipinski definition) is 2. The molecule has 0 fully saturated rings. The van der Waals surface area contributed by atoms with Gasteiger partial charge in [-0.25, -0.2) is 0 Å². The Kier molecular flexibility index (Phi) is 3.85. The summed E-state index contributed by atoms with van der Waals surface area (Å²) < 4.78 is 0. The first-order valence-corrected chi connectivity index (χ1v) is 6.26. The van der Waals surface area contributed by atoms with E-state index in [0.29, 0.717) is 11.5 Å². The van der Waals surface area contributed by atoms with Crippen molar-refractivity contribution in [3.63, 3.8) is 0 Å². The highest BCUT2D eigenvalue weighted by Crippen LogP contribution is 2.19. The predicted octanol–water partition coefficient (Wildman–Crippen LogP) is 3.77. The first-order chi connectivity index (χ1) is 9.06. The number of rotatable bonds is 3. The van der Waals surface area contributed by atoms with Crippen LogP contribution in [0.5, 0.6) is 5.75 Å². The Hall–Kier alpha value is -2.29. The average Bonchev–Trinajstić information content (AvgIpc) is 2.39. The van der Waals surface area contributed by atoms with Gasteiger partial charge in [-0.05, 0) is 47.9 Å². The maximum absolute atomic E-state index is 12.0. The maximum atomic E-state index is 12.0. The van der Waals surface area contributed by atoms with Crippen molar-refractivity contribution < 1.29 is 9.90 Å². The van der Waals surface area contributed by atoms with Crippen molar-refractivity contribution in [3.05, 3.63) is 59.7 Å². The molecule has 2 aromatic rings. The summed E-state index contributed by atoms with van der Waals surface area (Å²) in [6.07, 6.45) is 0. The molecule has 0 saturated heterocycles. The van der Waals surface area contributed by atoms with E-state index in [1.165, 1.54) is 17.7 Å². The van der Waals surface area contributed by atoms with Gasteiger partial charge in [-0.15, -0.1) is 0 Å². The molecule has 0 aliphatic rings. The van der Waals surface area contributed by atoms with Gasteiger partial charge in [0, 0.05) is 11.3 Å². The summed E-state index contributed by atoms with van der Waals surface area (Å²) in [5.41, 5.74) is 2.49. The van der Waals surface area contributed by atoms with Crippen LogP contribution in [-0.2, 0) is 0 Å². The number of carbonyl (C=O) groups excluding carboxylic acids is 1. The number of anilines is 1. The number of phenolic OH excluding ortho intramolecular Hbond substituents is 1. The number of amides is 1. The van der Waals surface area contributed by atoms with Gasteiger partial charge in [-0.2, -0.15) is 0 Å². The molecule has 0 saturated carbocycles. The minimum Gasteiger partial charge on any atom is -0.508 e. The second-order valence-corrected chi connectivity index (χ2v) is 4.78. The molecule has 2 N–H and O–H groups in total. The van der Waals surface area contributed by atoms with Crippen molar-refractivity contribution >= 4 is 11.6 Å². The van der Waals surface area contributed by atoms with Gasteiger partial charge in [0.1, 0.15) is 5.75 Å². The van der Waals surface area contributed by atoms with E-state index in [4.69, 9.17) is 0 Å². The van der Waals surface area contributed by atoms with E-state index >= 15 is 0 Å². The standard InChI is InChI=1S/C16H17NO2/c1-11(2)13-4-3-5-14(10-13)17-16(19)12-6-8-15(18)9-7-12/h3-11,18H,1-2H3,(H,17,19). The summed E-state index contributed by atoms with van der Waals surface area (Å²) in [6, 6.07) is 14.0. The zero-order chi connectivity index (χ0) is 13.8. The molecule has 98 valence electrons. The average molecular weight is 255 g/mol. The van der Waals surface area contributed by atoms with Gasteiger partial charge in [0.25, 0.3) is 5.91 Å². The Morgan fingerprint density at radius 3 is 2.42 bits per heavy atom. The van der Waals surface area contributed by atoms with Crippen LogP contribution in [-0.4, -0.2) is 11.0 Å². The monoisotopic (exact) mass is 255 g/mol. The third kappa shape index (κ3) is 3.35. The Morgan fingerprint density at radius 2 is 1.79 bits per heavy atom. The molecule has 19 heavy (non-hydrogen) atoms. The van der Waals surface area contributed by atoms with Gasteiger partial charge < -0.3 is 10.4 Å². The molecule has 0 heterocycles. The number of aromatic hydroxyl groups is 1. The molecule has 3 nitrogen and oxygen atoms in total. The zero-order valence-corrected chi connectivity index (χ0v) is 11.1. The van der Waals surface area contributed by atoms with Crippen molar-refractivity contribution in [2.24, 2.45) is 0 Å². The SMILES string of the molecule is CC(C)c1cccc(NC(=O)c2ccc(O)cc2)c1. The molecule has 0 bridgehead atoms. The molecular formula is C16H17NO2. The van der Waals surface area contributed by atoms with Crippen molar-refractivity contribution in [2.45, 2.75) is 19.8 Å². The molecule has 0 aromatic heterocycles. The van der Waals surface area contributed by atoms with Crippen LogP contribution in [0.25, 0.3) is 0 Å². The first kappa shape index (κ1) is 13.1. The minimum absolute atomic E-state index is 0.151. The van der Waals surface area contributed by atoms with Crippen molar-refractivity contribution in [1.82, 2.24) is 0 Å². The van der Waals surface area contributed by atoms with E-state index in [0.717, 1.165) is 5.69 Å².